The third kappa shape index (κ3) is 3.06. The molecule has 2 fully saturated rings. The first-order valence-corrected chi connectivity index (χ1v) is 11.3. The second-order valence-electron chi connectivity index (χ2n) is 11.1. The SMILES string of the molecule is CC1(C)OB(c2ccc3c(c2)C(=O)c2cc(B4OC(C)(C)C(C)(C)O4)ccc2-3)OC1(C)C. The Morgan fingerprint density at radius 1 is 0.531 bits per heavy atom. The standard InChI is InChI=1S/C25H30B2O5/c1-22(2)23(3,4)30-26(29-22)15-9-11-17-18-12-10-16(14-20(18)21(28)19(17)13-15)27-31-24(5,6)25(7,8)32-27/h9-14H,1-8H3. The van der Waals surface area contributed by atoms with Crippen LogP contribution in [0.15, 0.2) is 36.4 Å². The average Bonchev–Trinajstić information content (AvgIpc) is 3.19. The summed E-state index contributed by atoms with van der Waals surface area (Å²) >= 11 is 0. The zero-order valence-corrected chi connectivity index (χ0v) is 20.2. The molecule has 2 aromatic rings. The van der Waals surface area contributed by atoms with E-state index in [4.69, 9.17) is 18.6 Å². The summed E-state index contributed by atoms with van der Waals surface area (Å²) in [7, 11) is -0.996. The van der Waals surface area contributed by atoms with E-state index in [1.807, 2.05) is 91.8 Å². The summed E-state index contributed by atoms with van der Waals surface area (Å²) in [4.78, 5) is 13.4. The first kappa shape index (κ1) is 21.9. The number of benzene rings is 2. The molecule has 0 saturated carbocycles. The van der Waals surface area contributed by atoms with Crippen LogP contribution in [0.1, 0.15) is 71.3 Å². The van der Waals surface area contributed by atoms with Crippen LogP contribution in [0.5, 0.6) is 0 Å². The molecule has 2 saturated heterocycles. The lowest BCUT2D eigenvalue weighted by Crippen LogP contribution is -2.41. The van der Waals surface area contributed by atoms with Gasteiger partial charge in [-0.2, -0.15) is 0 Å². The number of carbonyl (C=O) groups excluding carboxylic acids is 1. The van der Waals surface area contributed by atoms with Gasteiger partial charge in [0.15, 0.2) is 5.78 Å². The van der Waals surface area contributed by atoms with Crippen molar-refractivity contribution in [2.24, 2.45) is 0 Å². The second-order valence-corrected chi connectivity index (χ2v) is 11.1. The Bertz CT molecular complexity index is 1020. The van der Waals surface area contributed by atoms with Gasteiger partial charge in [0.05, 0.1) is 22.4 Å². The number of carbonyl (C=O) groups is 1. The van der Waals surface area contributed by atoms with Crippen LogP contribution in [0.3, 0.4) is 0 Å². The molecule has 7 heteroatoms. The van der Waals surface area contributed by atoms with Gasteiger partial charge in [0.2, 0.25) is 0 Å². The Morgan fingerprint density at radius 2 is 0.844 bits per heavy atom. The Morgan fingerprint density at radius 3 is 1.16 bits per heavy atom. The van der Waals surface area contributed by atoms with E-state index in [9.17, 15) is 4.79 Å². The largest absolute Gasteiger partial charge is 0.494 e. The van der Waals surface area contributed by atoms with E-state index >= 15 is 0 Å². The predicted molar refractivity (Wildman–Crippen MR) is 127 cm³/mol. The molecular weight excluding hydrogens is 402 g/mol. The molecule has 0 spiro atoms. The van der Waals surface area contributed by atoms with E-state index in [0.29, 0.717) is 11.1 Å². The second kappa shape index (κ2) is 6.57. The molecule has 0 atom stereocenters. The normalized spacial score (nSPS) is 24.1. The lowest BCUT2D eigenvalue weighted by atomic mass is 9.77. The van der Waals surface area contributed by atoms with Crippen LogP contribution in [0, 0.1) is 0 Å². The lowest BCUT2D eigenvalue weighted by molar-refractivity contribution is 0.00578. The van der Waals surface area contributed by atoms with Crippen molar-refractivity contribution in [3.8, 4) is 11.1 Å². The first-order chi connectivity index (χ1) is 14.7. The summed E-state index contributed by atoms with van der Waals surface area (Å²) in [6.07, 6.45) is 0. The van der Waals surface area contributed by atoms with Crippen LogP contribution < -0.4 is 10.9 Å². The van der Waals surface area contributed by atoms with E-state index in [2.05, 4.69) is 0 Å². The van der Waals surface area contributed by atoms with Crippen LogP contribution in [-0.2, 0) is 18.6 Å². The summed E-state index contributed by atoms with van der Waals surface area (Å²) in [6.45, 7) is 16.2. The Kier molecular flexibility index (Phi) is 4.50. The van der Waals surface area contributed by atoms with Crippen LogP contribution in [0.4, 0.5) is 0 Å². The maximum absolute atomic E-state index is 13.4. The molecule has 0 radical (unpaired) electrons. The molecule has 166 valence electrons. The highest BCUT2D eigenvalue weighted by Gasteiger charge is 2.53. The quantitative estimate of drug-likeness (QED) is 0.581. The van der Waals surface area contributed by atoms with Gasteiger partial charge in [0.25, 0.3) is 0 Å². The smallest absolute Gasteiger partial charge is 0.399 e. The predicted octanol–water partition coefficient (Wildman–Crippen LogP) is 3.50. The van der Waals surface area contributed by atoms with Gasteiger partial charge in [-0.1, -0.05) is 36.4 Å². The number of rotatable bonds is 2. The summed E-state index contributed by atoms with van der Waals surface area (Å²) in [5, 5.41) is 0. The molecule has 0 unspecified atom stereocenters. The highest BCUT2D eigenvalue weighted by atomic mass is 16.7. The van der Waals surface area contributed by atoms with Gasteiger partial charge in [-0.25, -0.2) is 0 Å². The van der Waals surface area contributed by atoms with Crippen LogP contribution in [0.2, 0.25) is 0 Å². The van der Waals surface area contributed by atoms with Crippen LogP contribution in [0.25, 0.3) is 11.1 Å². The number of hydrogen-bond donors (Lipinski definition) is 0. The molecule has 2 aromatic carbocycles. The van der Waals surface area contributed by atoms with Crippen molar-refractivity contribution in [1.29, 1.82) is 0 Å². The monoisotopic (exact) mass is 432 g/mol. The van der Waals surface area contributed by atoms with E-state index < -0.39 is 36.6 Å². The molecular formula is C25H30B2O5. The molecule has 2 heterocycles. The molecule has 5 rings (SSSR count). The maximum Gasteiger partial charge on any atom is 0.494 e. The van der Waals surface area contributed by atoms with Crippen molar-refractivity contribution in [3.05, 3.63) is 47.5 Å². The number of ketones is 1. The minimum Gasteiger partial charge on any atom is -0.399 e. The Labute approximate surface area is 191 Å². The number of fused-ring (bicyclic) bond motifs is 3. The minimum atomic E-state index is -0.498. The van der Waals surface area contributed by atoms with Gasteiger partial charge in [0, 0.05) is 11.1 Å². The maximum atomic E-state index is 13.4. The van der Waals surface area contributed by atoms with E-state index in [1.54, 1.807) is 0 Å². The van der Waals surface area contributed by atoms with Crippen molar-refractivity contribution in [3.63, 3.8) is 0 Å². The fraction of sp³-hybridized carbons (Fsp3) is 0.480. The van der Waals surface area contributed by atoms with Crippen molar-refractivity contribution < 1.29 is 23.4 Å². The summed E-state index contributed by atoms with van der Waals surface area (Å²) in [5.74, 6) is 0.00624. The zero-order chi connectivity index (χ0) is 23.3. The molecule has 5 nitrogen and oxygen atoms in total. The highest BCUT2D eigenvalue weighted by Crippen LogP contribution is 2.40. The third-order valence-corrected chi connectivity index (χ3v) is 7.92. The van der Waals surface area contributed by atoms with E-state index in [-0.39, 0.29) is 5.78 Å². The van der Waals surface area contributed by atoms with Gasteiger partial charge < -0.3 is 18.6 Å². The highest BCUT2D eigenvalue weighted by molar-refractivity contribution is 6.63. The van der Waals surface area contributed by atoms with Gasteiger partial charge in [-0.15, -0.1) is 0 Å². The van der Waals surface area contributed by atoms with Crippen molar-refractivity contribution in [2.75, 3.05) is 0 Å². The third-order valence-electron chi connectivity index (χ3n) is 7.92. The summed E-state index contributed by atoms with van der Waals surface area (Å²) < 4.78 is 24.7. The fourth-order valence-corrected chi connectivity index (χ4v) is 4.37. The average molecular weight is 432 g/mol. The summed E-state index contributed by atoms with van der Waals surface area (Å²) in [6, 6.07) is 11.8. The Hall–Kier alpha value is -1.92. The fourth-order valence-electron chi connectivity index (χ4n) is 4.37. The van der Waals surface area contributed by atoms with Gasteiger partial charge in [-0.3, -0.25) is 4.79 Å². The molecule has 2 aliphatic heterocycles. The van der Waals surface area contributed by atoms with Gasteiger partial charge in [0.1, 0.15) is 0 Å². The van der Waals surface area contributed by atoms with Gasteiger partial charge >= 0.3 is 14.2 Å². The first-order valence-electron chi connectivity index (χ1n) is 11.3. The molecule has 3 aliphatic rings. The van der Waals surface area contributed by atoms with Crippen molar-refractivity contribution >= 4 is 30.9 Å². The molecule has 0 aromatic heterocycles. The van der Waals surface area contributed by atoms with Crippen LogP contribution >= 0.6 is 0 Å². The Balaban J connectivity index is 1.46. The zero-order valence-electron chi connectivity index (χ0n) is 20.2. The summed E-state index contributed by atoms with van der Waals surface area (Å²) in [5.41, 5.74) is 3.23. The van der Waals surface area contributed by atoms with E-state index in [0.717, 1.165) is 22.1 Å². The van der Waals surface area contributed by atoms with Crippen LogP contribution in [-0.4, -0.2) is 42.4 Å². The van der Waals surface area contributed by atoms with Crippen molar-refractivity contribution in [1.82, 2.24) is 0 Å². The molecule has 0 N–H and O–H groups in total. The molecule has 32 heavy (non-hydrogen) atoms. The number of hydrogen-bond acceptors (Lipinski definition) is 5. The van der Waals surface area contributed by atoms with E-state index in [1.165, 1.54) is 0 Å². The minimum absolute atomic E-state index is 0.00624. The van der Waals surface area contributed by atoms with Gasteiger partial charge in [-0.05, 0) is 77.4 Å². The lowest BCUT2D eigenvalue weighted by Gasteiger charge is -2.32. The molecule has 0 bridgehead atoms. The molecule has 1 aliphatic carbocycles. The molecule has 0 amide bonds. The van der Waals surface area contributed by atoms with Crippen molar-refractivity contribution in [2.45, 2.75) is 77.8 Å². The topological polar surface area (TPSA) is 54.0 Å².